The van der Waals surface area contributed by atoms with Crippen molar-refractivity contribution >= 4 is 40.7 Å². The summed E-state index contributed by atoms with van der Waals surface area (Å²) in [5.74, 6) is -0.762. The Bertz CT molecular complexity index is 2260. The van der Waals surface area contributed by atoms with Crippen molar-refractivity contribution in [3.05, 3.63) is 162 Å². The lowest BCUT2D eigenvalue weighted by Crippen LogP contribution is -2.48. The molecule has 0 aromatic heterocycles. The van der Waals surface area contributed by atoms with Gasteiger partial charge in [-0.25, -0.2) is 4.39 Å². The van der Waals surface area contributed by atoms with E-state index in [1.165, 1.54) is 12.1 Å². The predicted octanol–water partition coefficient (Wildman–Crippen LogP) is 8.81. The zero-order valence-corrected chi connectivity index (χ0v) is 38.2. The van der Waals surface area contributed by atoms with Gasteiger partial charge in [-0.3, -0.25) is 29.0 Å². The average Bonchev–Trinajstić information content (AvgIpc) is 4.17. The van der Waals surface area contributed by atoms with E-state index in [1.54, 1.807) is 21.9 Å². The van der Waals surface area contributed by atoms with Gasteiger partial charge in [-0.1, -0.05) is 98.8 Å². The van der Waals surface area contributed by atoms with E-state index in [2.05, 4.69) is 39.2 Å². The van der Waals surface area contributed by atoms with Crippen LogP contribution in [0.5, 0.6) is 0 Å². The molecule has 3 aliphatic heterocycles. The summed E-state index contributed by atoms with van der Waals surface area (Å²) >= 11 is 0. The highest BCUT2D eigenvalue weighted by Gasteiger charge is 2.41. The Morgan fingerprint density at radius 2 is 1.05 bits per heavy atom. The largest absolute Gasteiger partial charge is 0.363 e. The number of hydrogen-bond acceptors (Lipinski definition) is 7. The molecule has 3 heterocycles. The van der Waals surface area contributed by atoms with E-state index in [0.717, 1.165) is 66.7 Å². The number of hydrogen-bond donors (Lipinski definition) is 2. The van der Waals surface area contributed by atoms with E-state index in [0.29, 0.717) is 63.5 Å². The molecule has 0 aliphatic carbocycles. The zero-order chi connectivity index (χ0) is 46.0. The second-order valence-electron chi connectivity index (χ2n) is 17.7. The number of nitrogens with zero attached hydrogens (tertiary/aromatic N) is 5. The highest BCUT2D eigenvalue weighted by atomic mass is 19.1. The quantitative estimate of drug-likeness (QED) is 0.0962. The monoisotopic (exact) mass is 891 g/mol. The minimum absolute atomic E-state index is 0.0104. The fourth-order valence-corrected chi connectivity index (χ4v) is 9.97. The van der Waals surface area contributed by atoms with Crippen molar-refractivity contribution in [2.75, 3.05) is 54.8 Å². The maximum Gasteiger partial charge on any atom is 0.247 e. The van der Waals surface area contributed by atoms with Crippen LogP contribution in [0, 0.1) is 5.82 Å². The molecule has 0 spiro atoms. The summed E-state index contributed by atoms with van der Waals surface area (Å²) in [5.41, 5.74) is 5.99. The zero-order valence-electron chi connectivity index (χ0n) is 38.2. The van der Waals surface area contributed by atoms with Gasteiger partial charge in [0.15, 0.2) is 0 Å². The van der Waals surface area contributed by atoms with Crippen molar-refractivity contribution in [3.63, 3.8) is 0 Å². The van der Waals surface area contributed by atoms with Crippen LogP contribution in [0.1, 0.15) is 86.7 Å². The van der Waals surface area contributed by atoms with Crippen molar-refractivity contribution in [3.8, 4) is 0 Å². The fourth-order valence-electron chi connectivity index (χ4n) is 9.97. The first-order chi connectivity index (χ1) is 32.2. The molecule has 11 nitrogen and oxygen atoms in total. The Hall–Kier alpha value is -6.37. The number of anilines is 3. The molecule has 5 aromatic carbocycles. The van der Waals surface area contributed by atoms with Crippen LogP contribution in [0.15, 0.2) is 133 Å². The molecule has 344 valence electrons. The summed E-state index contributed by atoms with van der Waals surface area (Å²) in [5, 5.41) is 6.16. The van der Waals surface area contributed by atoms with Gasteiger partial charge < -0.3 is 25.3 Å². The van der Waals surface area contributed by atoms with E-state index >= 15 is 0 Å². The molecule has 0 radical (unpaired) electrons. The van der Waals surface area contributed by atoms with Crippen LogP contribution in [-0.4, -0.2) is 94.6 Å². The second kappa shape index (κ2) is 21.7. The molecule has 66 heavy (non-hydrogen) atoms. The van der Waals surface area contributed by atoms with Crippen molar-refractivity contribution in [1.29, 1.82) is 0 Å². The van der Waals surface area contributed by atoms with Crippen molar-refractivity contribution < 1.29 is 23.6 Å². The lowest BCUT2D eigenvalue weighted by atomic mass is 10.0. The Kier molecular flexibility index (Phi) is 15.2. The van der Waals surface area contributed by atoms with Crippen LogP contribution < -0.4 is 15.5 Å². The molecule has 3 fully saturated rings. The van der Waals surface area contributed by atoms with Gasteiger partial charge in [0.05, 0.1) is 0 Å². The molecule has 3 saturated heterocycles. The smallest absolute Gasteiger partial charge is 0.247 e. The van der Waals surface area contributed by atoms with Gasteiger partial charge in [0.2, 0.25) is 23.6 Å². The third-order valence-electron chi connectivity index (χ3n) is 13.4. The maximum absolute atomic E-state index is 14.2. The highest BCUT2D eigenvalue weighted by molar-refractivity contribution is 5.99. The molecule has 2 unspecified atom stereocenters. The molecular weight excluding hydrogens is 830 g/mol. The first-order valence-electron chi connectivity index (χ1n) is 23.7. The second-order valence-corrected chi connectivity index (χ2v) is 17.7. The number of likely N-dealkylation sites (N-methyl/N-ethyl adjacent to an activating group) is 1. The fraction of sp³-hybridized carbons (Fsp3) is 0.370. The number of benzene rings is 5. The Balaban J connectivity index is 0.902. The summed E-state index contributed by atoms with van der Waals surface area (Å²) < 4.78 is 14.1. The number of amides is 4. The van der Waals surface area contributed by atoms with Gasteiger partial charge in [0.1, 0.15) is 30.0 Å². The van der Waals surface area contributed by atoms with Crippen LogP contribution in [0.25, 0.3) is 0 Å². The minimum atomic E-state index is -0.563. The Labute approximate surface area is 388 Å². The molecule has 5 aromatic rings. The number of carbonyl (C=O) groups is 4. The van der Waals surface area contributed by atoms with Crippen LogP contribution in [-0.2, 0) is 32.3 Å². The maximum atomic E-state index is 14.2. The van der Waals surface area contributed by atoms with E-state index in [1.807, 2.05) is 109 Å². The summed E-state index contributed by atoms with van der Waals surface area (Å²) in [4.78, 5) is 66.0. The van der Waals surface area contributed by atoms with Gasteiger partial charge in [-0.15, -0.1) is 0 Å². The third kappa shape index (κ3) is 10.8. The van der Waals surface area contributed by atoms with Crippen molar-refractivity contribution in [2.45, 2.75) is 89.6 Å². The molecule has 2 N–H and O–H groups in total. The summed E-state index contributed by atoms with van der Waals surface area (Å²) in [6, 6.07) is 39.6. The number of carbonyl (C=O) groups excluding carboxylic acids is 4. The van der Waals surface area contributed by atoms with Gasteiger partial charge >= 0.3 is 0 Å². The molecule has 8 rings (SSSR count). The predicted molar refractivity (Wildman–Crippen MR) is 258 cm³/mol. The third-order valence-corrected chi connectivity index (χ3v) is 13.4. The van der Waals surface area contributed by atoms with Gasteiger partial charge in [-0.2, -0.15) is 0 Å². The number of likely N-dealkylation sites (tertiary alicyclic amines) is 3. The minimum Gasteiger partial charge on any atom is -0.363 e. The molecule has 4 atom stereocenters. The number of nitrogens with one attached hydrogen (secondary N) is 2. The Morgan fingerprint density at radius 3 is 1.53 bits per heavy atom. The van der Waals surface area contributed by atoms with Crippen LogP contribution >= 0.6 is 0 Å². The van der Waals surface area contributed by atoms with E-state index in [-0.39, 0.29) is 29.4 Å². The lowest BCUT2D eigenvalue weighted by Gasteiger charge is -2.34. The SMILES string of the molecule is CCN(CC)[C@@H](C(=O)N1CCC[C@H]1C(=O)Nc1ccc(CN(Cc2ccc(NC(=O)C3CCCN3C(=O)C(c3ccccc3)N3CCCC3)cc2)c2ccc(F)cc2)cc1)c1ccccc1. The van der Waals surface area contributed by atoms with E-state index < -0.39 is 24.2 Å². The molecular formula is C54H62FN7O4. The van der Waals surface area contributed by atoms with E-state index in [4.69, 9.17) is 0 Å². The topological polar surface area (TPSA) is 109 Å². The molecule has 12 heteroatoms. The highest BCUT2D eigenvalue weighted by Crippen LogP contribution is 2.32. The van der Waals surface area contributed by atoms with Gasteiger partial charge in [0, 0.05) is 43.2 Å². The lowest BCUT2D eigenvalue weighted by molar-refractivity contribution is -0.141. The summed E-state index contributed by atoms with van der Waals surface area (Å²) in [7, 11) is 0. The first kappa shape index (κ1) is 46.2. The summed E-state index contributed by atoms with van der Waals surface area (Å²) in [6.45, 7) is 9.36. The summed E-state index contributed by atoms with van der Waals surface area (Å²) in [6.07, 6.45) is 4.87. The Morgan fingerprint density at radius 1 is 0.576 bits per heavy atom. The number of halogens is 1. The van der Waals surface area contributed by atoms with E-state index in [9.17, 15) is 23.6 Å². The van der Waals surface area contributed by atoms with Crippen molar-refractivity contribution in [2.24, 2.45) is 0 Å². The standard InChI is InChI=1S/C54H62FN7O4/c1-3-58(4-2)49(41-15-7-5-8-16-41)53(65)61-35-13-19-47(61)51(63)56-44-27-21-39(22-28-44)37-60(46-31-25-43(55)26-32-46)38-40-23-29-45(30-24-40)57-52(64)48-20-14-36-62(48)54(66)50(59-33-11-12-34-59)42-17-9-6-10-18-42/h5-10,15-18,21-32,47-50H,3-4,11-14,19-20,33-38H2,1-2H3,(H,56,63)(H,57,64)/t47-,48?,49+,50?/m0/s1. The van der Waals surface area contributed by atoms with Crippen LogP contribution in [0.2, 0.25) is 0 Å². The molecule has 3 aliphatic rings. The molecule has 4 amide bonds. The number of rotatable bonds is 17. The normalized spacial score (nSPS) is 18.3. The molecule has 0 bridgehead atoms. The molecule has 0 saturated carbocycles. The van der Waals surface area contributed by atoms with Crippen molar-refractivity contribution in [1.82, 2.24) is 19.6 Å². The van der Waals surface area contributed by atoms with Gasteiger partial charge in [-0.05, 0) is 135 Å². The first-order valence-corrected chi connectivity index (χ1v) is 23.7. The van der Waals surface area contributed by atoms with Gasteiger partial charge in [0.25, 0.3) is 0 Å². The van der Waals surface area contributed by atoms with Crippen LogP contribution in [0.3, 0.4) is 0 Å². The average molecular weight is 892 g/mol. The van der Waals surface area contributed by atoms with Crippen LogP contribution in [0.4, 0.5) is 21.5 Å².